The number of hydrogen-bond donors (Lipinski definition) is 1. The lowest BCUT2D eigenvalue weighted by Crippen LogP contribution is -2.44. The number of carbonyl (C=O) groups is 1. The van der Waals surface area contributed by atoms with Gasteiger partial charge in [0, 0.05) is 20.1 Å². The Hall–Kier alpha value is -2.30. The van der Waals surface area contributed by atoms with Crippen LogP contribution in [0.3, 0.4) is 0 Å². The monoisotopic (exact) mass is 442 g/mol. The summed E-state index contributed by atoms with van der Waals surface area (Å²) in [7, 11) is 2.72. The van der Waals surface area contributed by atoms with Crippen LogP contribution in [0.4, 0.5) is 4.39 Å². The number of hydroxylamine groups is 1. The van der Waals surface area contributed by atoms with Gasteiger partial charge in [0.2, 0.25) is 0 Å². The third-order valence-corrected chi connectivity index (χ3v) is 5.81. The maximum Gasteiger partial charge on any atom is 0.358 e. The summed E-state index contributed by atoms with van der Waals surface area (Å²) in [6.07, 6.45) is 4.98. The van der Waals surface area contributed by atoms with Crippen molar-refractivity contribution in [1.82, 2.24) is 19.2 Å². The Bertz CT molecular complexity index is 1090. The molecule has 0 atom stereocenters. The van der Waals surface area contributed by atoms with Crippen LogP contribution in [0.5, 0.6) is 0 Å². The van der Waals surface area contributed by atoms with Crippen LogP contribution in [-0.2, 0) is 18.9 Å². The van der Waals surface area contributed by atoms with Crippen molar-refractivity contribution in [2.24, 2.45) is 14.1 Å². The van der Waals surface area contributed by atoms with Gasteiger partial charge in [0.15, 0.2) is 4.77 Å². The average molecular weight is 443 g/mol. The number of hydrogen-bond acceptors (Lipinski definition) is 6. The second-order valence-corrected chi connectivity index (χ2v) is 7.70. The number of nitrogens with one attached hydrogen (secondary N) is 1. The molecule has 1 heterocycles. The minimum Gasteiger partial charge on any atom is -0.366 e. The molecule has 0 saturated heterocycles. The first kappa shape index (κ1) is 21.4. The normalized spacial score (nSPS) is 14.8. The highest BCUT2D eigenvalue weighted by Gasteiger charge is 2.22. The quantitative estimate of drug-likeness (QED) is 0.578. The number of carbonyl (C=O) groups excluding carboxylic acids is 1. The van der Waals surface area contributed by atoms with E-state index in [1.807, 2.05) is 0 Å². The smallest absolute Gasteiger partial charge is 0.358 e. The Labute approximate surface area is 175 Å². The topological polar surface area (TPSA) is 87.3 Å². The summed E-state index contributed by atoms with van der Waals surface area (Å²) >= 11 is 11.0. The van der Waals surface area contributed by atoms with E-state index in [4.69, 9.17) is 28.7 Å². The summed E-state index contributed by atoms with van der Waals surface area (Å²) < 4.78 is 17.2. The predicted molar refractivity (Wildman–Crippen MR) is 107 cm³/mol. The van der Waals surface area contributed by atoms with Crippen LogP contribution in [0.2, 0.25) is 5.02 Å². The van der Waals surface area contributed by atoms with E-state index in [0.717, 1.165) is 53.4 Å². The van der Waals surface area contributed by atoms with Crippen molar-refractivity contribution in [3.05, 3.63) is 54.3 Å². The summed E-state index contributed by atoms with van der Waals surface area (Å²) in [5, 5.41) is -0.198. The number of rotatable bonds is 4. The number of nitrogens with zero attached hydrogens (tertiary/aromatic N) is 3. The molecule has 1 N–H and O–H groups in total. The summed E-state index contributed by atoms with van der Waals surface area (Å²) in [6.45, 7) is 0. The molecule has 1 fully saturated rings. The van der Waals surface area contributed by atoms with Crippen molar-refractivity contribution in [3.63, 3.8) is 0 Å². The van der Waals surface area contributed by atoms with Crippen LogP contribution in [0.25, 0.3) is 5.69 Å². The molecule has 3 rings (SSSR count). The largest absolute Gasteiger partial charge is 0.366 e. The molecule has 1 aromatic heterocycles. The lowest BCUT2D eigenvalue weighted by atomic mass is 9.96. The molecule has 0 amide bonds. The van der Waals surface area contributed by atoms with Crippen LogP contribution in [0, 0.1) is 10.6 Å². The molecule has 2 aromatic rings. The lowest BCUT2D eigenvalue weighted by Gasteiger charge is -2.22. The highest BCUT2D eigenvalue weighted by Crippen LogP contribution is 2.23. The first-order chi connectivity index (χ1) is 13.7. The minimum atomic E-state index is -0.942. The van der Waals surface area contributed by atoms with Gasteiger partial charge >= 0.3 is 17.3 Å². The van der Waals surface area contributed by atoms with E-state index in [0.29, 0.717) is 4.57 Å². The summed E-state index contributed by atoms with van der Waals surface area (Å²) in [5.74, 6) is -1.78. The van der Waals surface area contributed by atoms with Crippen molar-refractivity contribution >= 4 is 29.8 Å². The zero-order valence-corrected chi connectivity index (χ0v) is 17.5. The highest BCUT2D eigenvalue weighted by molar-refractivity contribution is 7.71. The Morgan fingerprint density at radius 2 is 1.76 bits per heavy atom. The van der Waals surface area contributed by atoms with Crippen LogP contribution in [-0.4, -0.2) is 25.7 Å². The fourth-order valence-corrected chi connectivity index (χ4v) is 3.64. The fraction of sp³-hybridized carbons (Fsp3) is 0.444. The van der Waals surface area contributed by atoms with Crippen LogP contribution >= 0.6 is 23.8 Å². The third-order valence-electron chi connectivity index (χ3n) is 4.95. The molecule has 29 heavy (non-hydrogen) atoms. The summed E-state index contributed by atoms with van der Waals surface area (Å²) in [6, 6.07) is 1.93. The van der Waals surface area contributed by atoms with Gasteiger partial charge in [-0.3, -0.25) is 9.13 Å². The summed E-state index contributed by atoms with van der Waals surface area (Å²) in [5.41, 5.74) is 0.422. The molecule has 0 radical (unpaired) electrons. The Balaban J connectivity index is 2.01. The summed E-state index contributed by atoms with van der Waals surface area (Å²) in [4.78, 5) is 42.7. The van der Waals surface area contributed by atoms with Crippen LogP contribution in [0.15, 0.2) is 21.7 Å². The van der Waals surface area contributed by atoms with E-state index < -0.39 is 28.9 Å². The molecule has 0 unspecified atom stereocenters. The third kappa shape index (κ3) is 4.19. The molecule has 0 aliphatic heterocycles. The molecule has 1 saturated carbocycles. The molecular weight excluding hydrogens is 423 g/mol. The van der Waals surface area contributed by atoms with Gasteiger partial charge in [-0.25, -0.2) is 23.3 Å². The van der Waals surface area contributed by atoms with E-state index in [1.54, 1.807) is 0 Å². The number of aromatic nitrogens is 3. The van der Waals surface area contributed by atoms with Gasteiger partial charge in [-0.05, 0) is 37.2 Å². The number of halogens is 2. The van der Waals surface area contributed by atoms with Gasteiger partial charge in [0.05, 0.1) is 16.3 Å². The van der Waals surface area contributed by atoms with E-state index in [-0.39, 0.29) is 21.4 Å². The minimum absolute atomic E-state index is 0.0260. The van der Waals surface area contributed by atoms with Gasteiger partial charge in [0.25, 0.3) is 0 Å². The zero-order valence-electron chi connectivity index (χ0n) is 15.9. The number of benzene rings is 1. The first-order valence-corrected chi connectivity index (χ1v) is 9.86. The second kappa shape index (κ2) is 8.60. The first-order valence-electron chi connectivity index (χ1n) is 9.07. The van der Waals surface area contributed by atoms with Crippen molar-refractivity contribution in [3.8, 4) is 5.69 Å². The van der Waals surface area contributed by atoms with Crippen molar-refractivity contribution in [2.45, 2.75) is 38.1 Å². The Kier molecular flexibility index (Phi) is 6.35. The fourth-order valence-electron chi connectivity index (χ4n) is 3.25. The van der Waals surface area contributed by atoms with E-state index in [2.05, 4.69) is 5.48 Å². The molecule has 11 heteroatoms. The van der Waals surface area contributed by atoms with Gasteiger partial charge < -0.3 is 4.84 Å². The molecular formula is C18H20ClFN4O4S. The SMILES string of the molecule is Cn1c(=S)n(C)c(=O)n(-c2cc(C(=O)ONC3CCCCC3)c(Cl)cc2F)c1=O. The van der Waals surface area contributed by atoms with E-state index in [9.17, 15) is 18.8 Å². The average Bonchev–Trinajstić information content (AvgIpc) is 2.71. The highest BCUT2D eigenvalue weighted by atomic mass is 35.5. The van der Waals surface area contributed by atoms with Crippen molar-refractivity contribution < 1.29 is 14.0 Å². The predicted octanol–water partition coefficient (Wildman–Crippen LogP) is 2.39. The molecule has 1 aliphatic carbocycles. The van der Waals surface area contributed by atoms with Gasteiger partial charge in [-0.1, -0.05) is 30.9 Å². The van der Waals surface area contributed by atoms with E-state index >= 15 is 0 Å². The van der Waals surface area contributed by atoms with Crippen LogP contribution in [0.1, 0.15) is 42.5 Å². The second-order valence-electron chi connectivity index (χ2n) is 6.93. The lowest BCUT2D eigenvalue weighted by molar-refractivity contribution is 0.0113. The zero-order chi connectivity index (χ0) is 21.3. The van der Waals surface area contributed by atoms with E-state index in [1.165, 1.54) is 14.1 Å². The van der Waals surface area contributed by atoms with Gasteiger partial charge in [-0.2, -0.15) is 0 Å². The maximum atomic E-state index is 14.6. The Morgan fingerprint density at radius 1 is 1.17 bits per heavy atom. The molecule has 1 aliphatic rings. The van der Waals surface area contributed by atoms with Gasteiger partial charge in [-0.15, -0.1) is 5.48 Å². The van der Waals surface area contributed by atoms with Crippen molar-refractivity contribution in [2.75, 3.05) is 0 Å². The molecule has 0 spiro atoms. The Morgan fingerprint density at radius 3 is 2.34 bits per heavy atom. The molecule has 0 bridgehead atoms. The molecule has 1 aromatic carbocycles. The van der Waals surface area contributed by atoms with Crippen molar-refractivity contribution in [1.29, 1.82) is 0 Å². The van der Waals surface area contributed by atoms with Gasteiger partial charge in [0.1, 0.15) is 5.82 Å². The molecule has 156 valence electrons. The maximum absolute atomic E-state index is 14.6. The standard InChI is InChI=1S/C18H20ClFN4O4S/c1-22-16(26)24(17(27)23(2)18(22)29)14-8-11(12(19)9-13(14)20)15(25)28-21-10-6-4-3-5-7-10/h8-10,21H,3-7H2,1-2H3. The van der Waals surface area contributed by atoms with Crippen LogP contribution < -0.4 is 16.9 Å². The molecule has 8 nitrogen and oxygen atoms in total.